The van der Waals surface area contributed by atoms with Crippen molar-refractivity contribution in [2.45, 2.75) is 115 Å². The number of nitrogens with two attached hydrogens (primary N) is 1. The van der Waals surface area contributed by atoms with Gasteiger partial charge >= 0.3 is 24.1 Å². The van der Waals surface area contributed by atoms with Crippen molar-refractivity contribution in [3.63, 3.8) is 0 Å². The third-order valence-corrected chi connectivity index (χ3v) is 8.54. The van der Waals surface area contributed by atoms with Gasteiger partial charge < -0.3 is 35.8 Å². The Kier molecular flexibility index (Phi) is 17.2. The Morgan fingerprint density at radius 3 is 2.13 bits per heavy atom. The quantitative estimate of drug-likeness (QED) is 0.114. The van der Waals surface area contributed by atoms with Gasteiger partial charge in [0.15, 0.2) is 0 Å². The van der Waals surface area contributed by atoms with Crippen molar-refractivity contribution in [2.75, 3.05) is 13.2 Å². The number of amides is 3. The molecule has 1 aliphatic heterocycles. The van der Waals surface area contributed by atoms with Crippen LogP contribution in [0.1, 0.15) is 89.1 Å². The lowest BCUT2D eigenvalue weighted by Crippen LogP contribution is -2.63. The molecule has 4 atom stereocenters. The first-order chi connectivity index (χ1) is 25.6. The summed E-state index contributed by atoms with van der Waals surface area (Å²) in [5, 5.41) is 12.6. The Labute approximate surface area is 317 Å². The van der Waals surface area contributed by atoms with Crippen molar-refractivity contribution in [1.29, 1.82) is 0 Å². The molecule has 1 heterocycles. The number of carbonyl (C=O) groups excluding carboxylic acids is 5. The Morgan fingerprint density at radius 1 is 0.964 bits per heavy atom. The van der Waals surface area contributed by atoms with Crippen LogP contribution in [0.2, 0.25) is 0 Å². The number of nitrogens with zero attached hydrogens (tertiary/aromatic N) is 1. The molecular weight excluding hydrogens is 732 g/mol. The number of benzene rings is 2. The van der Waals surface area contributed by atoms with Gasteiger partial charge in [0, 0.05) is 13.0 Å². The molecule has 1 fully saturated rings. The van der Waals surface area contributed by atoms with E-state index in [2.05, 4.69) is 10.6 Å². The molecule has 3 rings (SSSR count). The number of hydrogen-bond donors (Lipinski definition) is 4. The molecule has 0 bridgehead atoms. The van der Waals surface area contributed by atoms with Crippen LogP contribution in [0.4, 0.5) is 17.6 Å². The van der Waals surface area contributed by atoms with Gasteiger partial charge in [0.2, 0.25) is 17.7 Å². The van der Waals surface area contributed by atoms with Crippen LogP contribution in [-0.4, -0.2) is 94.2 Å². The molecule has 13 nitrogen and oxygen atoms in total. The Balaban J connectivity index is 0.00000136. The van der Waals surface area contributed by atoms with Crippen LogP contribution >= 0.6 is 0 Å². The minimum Gasteiger partial charge on any atom is -0.475 e. The zero-order chi connectivity index (χ0) is 41.6. The molecule has 0 radical (unpaired) electrons. The molecule has 0 saturated carbocycles. The fourth-order valence-electron chi connectivity index (χ4n) is 5.34. The summed E-state index contributed by atoms with van der Waals surface area (Å²) in [6.07, 6.45) is -2.85. The Morgan fingerprint density at radius 2 is 1.56 bits per heavy atom. The Bertz CT molecular complexity index is 1640. The van der Waals surface area contributed by atoms with E-state index in [1.54, 1.807) is 64.1 Å². The highest BCUT2D eigenvalue weighted by atomic mass is 19.4. The standard InChI is InChI=1S/C36H49FN4O7.C2HF3O2/c1-6-36(5,40-30(42)27(38)19-12-13-22-47-32(44)24-15-8-7-9-16-24)34(46)39-28(23-25-17-10-11-18-26(25)37)31(43)41-21-14-20-29(41)33(45)48-35(2,3)4;3-2(4,5)1(6)7/h7-11,15-18,27-29H,6,12-14,19-23,38H2,1-5H3,(H,39,46)(H,40,42);(H,6,7)/t27-,28-,29+,36-;/m0./s1. The van der Waals surface area contributed by atoms with Gasteiger partial charge in [-0.25, -0.2) is 18.8 Å². The first-order valence-corrected chi connectivity index (χ1v) is 17.8. The number of ether oxygens (including phenoxy) is 2. The number of halogens is 4. The molecular formula is C38H50F4N4O9. The molecule has 0 aliphatic carbocycles. The number of carboxylic acid groups (broad SMARTS) is 1. The smallest absolute Gasteiger partial charge is 0.475 e. The third kappa shape index (κ3) is 14.9. The fourth-order valence-corrected chi connectivity index (χ4v) is 5.34. The molecule has 2 aromatic rings. The van der Waals surface area contributed by atoms with Gasteiger partial charge in [-0.1, -0.05) is 43.3 Å². The van der Waals surface area contributed by atoms with Crippen LogP contribution in [0, 0.1) is 5.82 Å². The molecule has 5 N–H and O–H groups in total. The van der Waals surface area contributed by atoms with E-state index in [0.29, 0.717) is 31.2 Å². The summed E-state index contributed by atoms with van der Waals surface area (Å²) in [6, 6.07) is 11.6. The predicted molar refractivity (Wildman–Crippen MR) is 192 cm³/mol. The molecule has 0 unspecified atom stereocenters. The lowest BCUT2D eigenvalue weighted by Gasteiger charge is -2.34. The summed E-state index contributed by atoms with van der Waals surface area (Å²) >= 11 is 0. The van der Waals surface area contributed by atoms with Crippen molar-refractivity contribution >= 4 is 35.6 Å². The number of esters is 2. The van der Waals surface area contributed by atoms with Crippen LogP contribution in [0.25, 0.3) is 0 Å². The topological polar surface area (TPSA) is 194 Å². The van der Waals surface area contributed by atoms with E-state index in [1.165, 1.54) is 30.0 Å². The first kappa shape index (κ1) is 46.1. The van der Waals surface area contributed by atoms with Gasteiger partial charge in [0.05, 0.1) is 18.2 Å². The summed E-state index contributed by atoms with van der Waals surface area (Å²) in [5.74, 6) is -6.03. The van der Waals surface area contributed by atoms with E-state index in [-0.39, 0.29) is 38.0 Å². The number of carbonyl (C=O) groups is 6. The number of aliphatic carboxylic acids is 1. The number of likely N-dealkylation sites (tertiary alicyclic amines) is 1. The minimum atomic E-state index is -5.08. The largest absolute Gasteiger partial charge is 0.490 e. The van der Waals surface area contributed by atoms with Crippen LogP contribution in [0.3, 0.4) is 0 Å². The molecule has 1 aliphatic rings. The number of unbranched alkanes of at least 4 members (excludes halogenated alkanes) is 1. The van der Waals surface area contributed by atoms with Crippen molar-refractivity contribution in [3.05, 3.63) is 71.5 Å². The van der Waals surface area contributed by atoms with Gasteiger partial charge in [-0.2, -0.15) is 13.2 Å². The summed E-state index contributed by atoms with van der Waals surface area (Å²) < 4.78 is 57.3. The van der Waals surface area contributed by atoms with E-state index in [4.69, 9.17) is 25.1 Å². The zero-order valence-electron chi connectivity index (χ0n) is 31.5. The average molecular weight is 783 g/mol. The molecule has 1 saturated heterocycles. The average Bonchev–Trinajstić information content (AvgIpc) is 3.61. The lowest BCUT2D eigenvalue weighted by molar-refractivity contribution is -0.192. The number of nitrogens with one attached hydrogen (secondary N) is 2. The maximum absolute atomic E-state index is 14.7. The second-order valence-electron chi connectivity index (χ2n) is 14.1. The molecule has 0 spiro atoms. The summed E-state index contributed by atoms with van der Waals surface area (Å²) in [5.41, 5.74) is 4.60. The molecule has 55 heavy (non-hydrogen) atoms. The Hall–Kier alpha value is -5.06. The third-order valence-electron chi connectivity index (χ3n) is 8.54. The van der Waals surface area contributed by atoms with Gasteiger partial charge in [-0.3, -0.25) is 14.4 Å². The first-order valence-electron chi connectivity index (χ1n) is 17.8. The number of rotatable bonds is 15. The maximum atomic E-state index is 14.7. The highest BCUT2D eigenvalue weighted by Crippen LogP contribution is 2.24. The zero-order valence-corrected chi connectivity index (χ0v) is 31.5. The number of carboxylic acids is 1. The van der Waals surface area contributed by atoms with Gasteiger partial charge in [0.1, 0.15) is 29.0 Å². The van der Waals surface area contributed by atoms with E-state index in [0.717, 1.165) is 0 Å². The van der Waals surface area contributed by atoms with Crippen molar-refractivity contribution in [1.82, 2.24) is 15.5 Å². The van der Waals surface area contributed by atoms with Crippen molar-refractivity contribution in [3.8, 4) is 0 Å². The highest BCUT2D eigenvalue weighted by Gasteiger charge is 2.42. The number of alkyl halides is 3. The molecule has 0 aromatic heterocycles. The minimum absolute atomic E-state index is 0.164. The summed E-state index contributed by atoms with van der Waals surface area (Å²) in [6.45, 7) is 8.89. The van der Waals surface area contributed by atoms with Crippen molar-refractivity contribution < 1.29 is 60.9 Å². The van der Waals surface area contributed by atoms with Gasteiger partial charge in [0.25, 0.3) is 0 Å². The van der Waals surface area contributed by atoms with Crippen LogP contribution < -0.4 is 16.4 Å². The van der Waals surface area contributed by atoms with E-state index < -0.39 is 76.9 Å². The van der Waals surface area contributed by atoms with Crippen LogP contribution in [0.15, 0.2) is 54.6 Å². The monoisotopic (exact) mass is 782 g/mol. The summed E-state index contributed by atoms with van der Waals surface area (Å²) in [4.78, 5) is 76.2. The summed E-state index contributed by atoms with van der Waals surface area (Å²) in [7, 11) is 0. The van der Waals surface area contributed by atoms with E-state index >= 15 is 0 Å². The van der Waals surface area contributed by atoms with E-state index in [9.17, 15) is 41.5 Å². The fraction of sp³-hybridized carbons (Fsp3) is 0.526. The molecule has 17 heteroatoms. The molecule has 3 amide bonds. The molecule has 2 aromatic carbocycles. The highest BCUT2D eigenvalue weighted by molar-refractivity contribution is 5.96. The number of hydrogen-bond acceptors (Lipinski definition) is 9. The van der Waals surface area contributed by atoms with E-state index in [1.807, 2.05) is 0 Å². The normalized spacial score (nSPS) is 16.3. The van der Waals surface area contributed by atoms with Gasteiger partial charge in [-0.15, -0.1) is 0 Å². The second kappa shape index (κ2) is 20.6. The second-order valence-corrected chi connectivity index (χ2v) is 14.1. The SMILES string of the molecule is CC[C@](C)(NC(=O)[C@@H](N)CCCCOC(=O)c1ccccc1)C(=O)N[C@@H](Cc1ccccc1F)C(=O)N1CCC[C@@H]1C(=O)OC(C)(C)C.O=C(O)C(F)(F)F. The van der Waals surface area contributed by atoms with Crippen molar-refractivity contribution in [2.24, 2.45) is 5.73 Å². The van der Waals surface area contributed by atoms with Crippen LogP contribution in [-0.2, 0) is 39.9 Å². The molecule has 304 valence electrons. The predicted octanol–water partition coefficient (Wildman–Crippen LogP) is 4.46. The van der Waals surface area contributed by atoms with Gasteiger partial charge in [-0.05, 0) is 90.0 Å². The van der Waals surface area contributed by atoms with Crippen LogP contribution in [0.5, 0.6) is 0 Å². The lowest BCUT2D eigenvalue weighted by atomic mass is 9.94. The maximum Gasteiger partial charge on any atom is 0.490 e.